The fraction of sp³-hybridized carbons (Fsp3) is 0.412. The van der Waals surface area contributed by atoms with Crippen LogP contribution in [0.3, 0.4) is 0 Å². The molecule has 1 aliphatic carbocycles. The Balaban J connectivity index is 2.24. The maximum atomic E-state index is 12.2. The van der Waals surface area contributed by atoms with Gasteiger partial charge < -0.3 is 4.74 Å². The number of allylic oxidation sites excluding steroid dienone is 4. The number of halogens is 4. The van der Waals surface area contributed by atoms with Gasteiger partial charge in [0.2, 0.25) is 0 Å². The predicted molar refractivity (Wildman–Crippen MR) is 82.0 cm³/mol. The van der Waals surface area contributed by atoms with Crippen molar-refractivity contribution in [2.75, 3.05) is 0 Å². The second-order valence-electron chi connectivity index (χ2n) is 5.35. The first-order valence-electron chi connectivity index (χ1n) is 7.21. The summed E-state index contributed by atoms with van der Waals surface area (Å²) in [7, 11) is 0. The second kappa shape index (κ2) is 6.78. The quantitative estimate of drug-likeness (QED) is 0.600. The van der Waals surface area contributed by atoms with Crippen molar-refractivity contribution in [2.45, 2.75) is 38.4 Å². The Morgan fingerprint density at radius 2 is 1.91 bits per heavy atom. The number of ether oxygens (including phenoxy) is 1. The van der Waals surface area contributed by atoms with Crippen molar-refractivity contribution in [2.24, 2.45) is 5.92 Å². The zero-order valence-corrected chi connectivity index (χ0v) is 13.2. The minimum Gasteiger partial charge on any atom is -0.406 e. The molecule has 22 heavy (non-hydrogen) atoms. The van der Waals surface area contributed by atoms with E-state index in [1.54, 1.807) is 12.1 Å². The van der Waals surface area contributed by atoms with E-state index < -0.39 is 6.36 Å². The van der Waals surface area contributed by atoms with Crippen LogP contribution in [0.1, 0.15) is 37.6 Å². The van der Waals surface area contributed by atoms with Crippen molar-refractivity contribution >= 4 is 11.6 Å². The number of rotatable bonds is 4. The summed E-state index contributed by atoms with van der Waals surface area (Å²) in [6.45, 7) is 4.19. The van der Waals surface area contributed by atoms with Crippen LogP contribution < -0.4 is 4.74 Å². The van der Waals surface area contributed by atoms with Gasteiger partial charge in [-0.3, -0.25) is 0 Å². The van der Waals surface area contributed by atoms with Crippen molar-refractivity contribution in [3.63, 3.8) is 0 Å². The van der Waals surface area contributed by atoms with Gasteiger partial charge in [-0.25, -0.2) is 0 Å². The highest BCUT2D eigenvalue weighted by Crippen LogP contribution is 2.40. The van der Waals surface area contributed by atoms with E-state index in [1.165, 1.54) is 17.7 Å². The number of alkyl halides is 4. The van der Waals surface area contributed by atoms with Crippen LogP contribution in [-0.4, -0.2) is 6.36 Å². The number of hydrogen-bond acceptors (Lipinski definition) is 1. The van der Waals surface area contributed by atoms with E-state index in [0.717, 1.165) is 24.0 Å². The molecule has 0 aromatic heterocycles. The van der Waals surface area contributed by atoms with Gasteiger partial charge in [0.1, 0.15) is 5.75 Å². The Morgan fingerprint density at radius 1 is 1.27 bits per heavy atom. The normalized spacial score (nSPS) is 20.2. The summed E-state index contributed by atoms with van der Waals surface area (Å²) < 4.78 is 40.4. The van der Waals surface area contributed by atoms with Gasteiger partial charge in [0.05, 0.1) is 5.38 Å². The number of benzene rings is 1. The second-order valence-corrected chi connectivity index (χ2v) is 5.79. The summed E-state index contributed by atoms with van der Waals surface area (Å²) in [5.74, 6) is 0.0925. The Hall–Kier alpha value is -1.42. The molecule has 0 aliphatic heterocycles. The molecule has 1 aliphatic rings. The molecule has 0 heterocycles. The molecule has 1 aromatic rings. The van der Waals surface area contributed by atoms with E-state index in [4.69, 9.17) is 11.6 Å². The van der Waals surface area contributed by atoms with Crippen molar-refractivity contribution in [1.82, 2.24) is 0 Å². The van der Waals surface area contributed by atoms with Crippen molar-refractivity contribution in [1.29, 1.82) is 0 Å². The van der Waals surface area contributed by atoms with Crippen LogP contribution in [0, 0.1) is 5.92 Å². The summed E-state index contributed by atoms with van der Waals surface area (Å²) >= 11 is 6.58. The van der Waals surface area contributed by atoms with Gasteiger partial charge in [0, 0.05) is 0 Å². The lowest BCUT2D eigenvalue weighted by molar-refractivity contribution is -0.274. The third-order valence-corrected chi connectivity index (χ3v) is 4.26. The van der Waals surface area contributed by atoms with Crippen LogP contribution in [0.25, 0.3) is 0 Å². The maximum absolute atomic E-state index is 12.2. The van der Waals surface area contributed by atoms with Crippen LogP contribution in [0.5, 0.6) is 5.75 Å². The van der Waals surface area contributed by atoms with E-state index in [1.807, 2.05) is 0 Å². The molecule has 0 amide bonds. The molecule has 0 fully saturated rings. The molecule has 2 atom stereocenters. The minimum atomic E-state index is -4.68. The van der Waals surface area contributed by atoms with Gasteiger partial charge in [-0.2, -0.15) is 0 Å². The first-order valence-corrected chi connectivity index (χ1v) is 7.64. The largest absolute Gasteiger partial charge is 0.573 e. The topological polar surface area (TPSA) is 9.23 Å². The minimum absolute atomic E-state index is 0.235. The predicted octanol–water partition coefficient (Wildman–Crippen LogP) is 6.17. The van der Waals surface area contributed by atoms with Gasteiger partial charge in [0.25, 0.3) is 0 Å². The molecule has 0 saturated heterocycles. The Morgan fingerprint density at radius 3 is 2.45 bits per heavy atom. The fourth-order valence-electron chi connectivity index (χ4n) is 2.71. The van der Waals surface area contributed by atoms with Crippen LogP contribution in [0.2, 0.25) is 0 Å². The average Bonchev–Trinajstić information content (AvgIpc) is 2.45. The summed E-state index contributed by atoms with van der Waals surface area (Å²) in [6, 6.07) is 5.77. The lowest BCUT2D eigenvalue weighted by Crippen LogP contribution is -2.17. The van der Waals surface area contributed by atoms with Gasteiger partial charge in [-0.1, -0.05) is 38.1 Å². The van der Waals surface area contributed by atoms with Crippen LogP contribution in [-0.2, 0) is 0 Å². The summed E-state index contributed by atoms with van der Waals surface area (Å²) in [5, 5.41) is -0.338. The fourth-order valence-corrected chi connectivity index (χ4v) is 3.21. The van der Waals surface area contributed by atoms with Crippen molar-refractivity contribution < 1.29 is 17.9 Å². The van der Waals surface area contributed by atoms with E-state index >= 15 is 0 Å². The first kappa shape index (κ1) is 16.9. The van der Waals surface area contributed by atoms with Crippen LogP contribution >= 0.6 is 11.6 Å². The molecule has 0 radical (unpaired) electrons. The zero-order chi connectivity index (χ0) is 16.3. The molecule has 0 N–H and O–H groups in total. The van der Waals surface area contributed by atoms with Crippen molar-refractivity contribution in [3.05, 3.63) is 53.1 Å². The Bertz CT molecular complexity index is 573. The standard InChI is InChI=1S/C17H18ClF3O/c1-3-12-6-4-5-11(2)15(12)16(18)13-7-9-14(10-8-13)22-17(19,20)21/h4,6-11,16H,3,5H2,1-2H3. The molecule has 0 saturated carbocycles. The van der Waals surface area contributed by atoms with E-state index in [2.05, 4.69) is 30.7 Å². The van der Waals surface area contributed by atoms with Gasteiger partial charge in [-0.15, -0.1) is 24.8 Å². The van der Waals surface area contributed by atoms with Gasteiger partial charge in [0.15, 0.2) is 0 Å². The summed E-state index contributed by atoms with van der Waals surface area (Å²) in [4.78, 5) is 0. The Kier molecular flexibility index (Phi) is 5.22. The van der Waals surface area contributed by atoms with E-state index in [0.29, 0.717) is 5.92 Å². The van der Waals surface area contributed by atoms with Gasteiger partial charge in [-0.05, 0) is 47.6 Å². The maximum Gasteiger partial charge on any atom is 0.573 e. The monoisotopic (exact) mass is 330 g/mol. The highest BCUT2D eigenvalue weighted by Gasteiger charge is 2.31. The molecule has 1 nitrogen and oxygen atoms in total. The Labute approximate surface area is 133 Å². The number of hydrogen-bond donors (Lipinski definition) is 0. The van der Waals surface area contributed by atoms with E-state index in [-0.39, 0.29) is 11.1 Å². The molecular weight excluding hydrogens is 313 g/mol. The van der Waals surface area contributed by atoms with Crippen LogP contribution in [0.4, 0.5) is 13.2 Å². The molecule has 1 aromatic carbocycles. The smallest absolute Gasteiger partial charge is 0.406 e. The zero-order valence-electron chi connectivity index (χ0n) is 12.5. The lowest BCUT2D eigenvalue weighted by Gasteiger charge is -2.26. The van der Waals surface area contributed by atoms with Crippen LogP contribution in [0.15, 0.2) is 47.6 Å². The molecule has 0 bridgehead atoms. The first-order chi connectivity index (χ1) is 10.3. The molecule has 0 spiro atoms. The summed E-state index contributed by atoms with van der Waals surface area (Å²) in [5.41, 5.74) is 3.13. The van der Waals surface area contributed by atoms with Crippen molar-refractivity contribution in [3.8, 4) is 5.75 Å². The lowest BCUT2D eigenvalue weighted by atomic mass is 9.83. The molecule has 5 heteroatoms. The SMILES string of the molecule is CCC1=C(C(Cl)c2ccc(OC(F)(F)F)cc2)C(C)CC=C1. The molecule has 120 valence electrons. The average molecular weight is 331 g/mol. The highest BCUT2D eigenvalue weighted by atomic mass is 35.5. The van der Waals surface area contributed by atoms with E-state index in [9.17, 15) is 13.2 Å². The summed E-state index contributed by atoms with van der Waals surface area (Å²) in [6.07, 6.45) is 1.36. The highest BCUT2D eigenvalue weighted by molar-refractivity contribution is 6.22. The third-order valence-electron chi connectivity index (χ3n) is 3.77. The van der Waals surface area contributed by atoms with Gasteiger partial charge >= 0.3 is 6.36 Å². The molecular formula is C17H18ClF3O. The molecule has 2 rings (SSSR count). The third kappa shape index (κ3) is 4.07. The molecule has 2 unspecified atom stereocenters.